The van der Waals surface area contributed by atoms with Gasteiger partial charge in [0.05, 0.1) is 17.7 Å². The molecular weight excluding hydrogens is 361 g/mol. The summed E-state index contributed by atoms with van der Waals surface area (Å²) in [7, 11) is 0. The highest BCUT2D eigenvalue weighted by Crippen LogP contribution is 2.29. The number of pyridine rings is 2. The maximum atomic E-state index is 12.6. The van der Waals surface area contributed by atoms with Gasteiger partial charge < -0.3 is 15.0 Å². The number of nitrogens with one attached hydrogen (secondary N) is 1. The second-order valence-electron chi connectivity index (χ2n) is 6.12. The summed E-state index contributed by atoms with van der Waals surface area (Å²) in [5.74, 6) is 0.705. The zero-order valence-electron chi connectivity index (χ0n) is 14.7. The Morgan fingerprint density at radius 3 is 2.67 bits per heavy atom. The molecule has 1 aliphatic rings. The fourth-order valence-corrected chi connectivity index (χ4v) is 2.79. The number of halogens is 3. The molecule has 2 aromatic heterocycles. The molecule has 0 spiro atoms. The molecule has 1 atom stereocenters. The second-order valence-corrected chi connectivity index (χ2v) is 6.12. The van der Waals surface area contributed by atoms with Crippen LogP contribution in [0.2, 0.25) is 0 Å². The highest BCUT2D eigenvalue weighted by molar-refractivity contribution is 5.94. The number of rotatable bonds is 5. The van der Waals surface area contributed by atoms with Crippen molar-refractivity contribution in [2.45, 2.75) is 25.6 Å². The molecule has 0 radical (unpaired) electrons. The number of anilines is 1. The maximum Gasteiger partial charge on any atom is 0.417 e. The fourth-order valence-electron chi connectivity index (χ4n) is 2.79. The molecule has 0 bridgehead atoms. The van der Waals surface area contributed by atoms with Gasteiger partial charge in [-0.05, 0) is 25.1 Å². The molecule has 1 unspecified atom stereocenters. The lowest BCUT2D eigenvalue weighted by atomic mass is 10.2. The van der Waals surface area contributed by atoms with Crippen molar-refractivity contribution in [3.63, 3.8) is 0 Å². The molecule has 27 heavy (non-hydrogen) atoms. The zero-order valence-corrected chi connectivity index (χ0v) is 14.7. The molecule has 2 aromatic rings. The summed E-state index contributed by atoms with van der Waals surface area (Å²) in [4.78, 5) is 21.8. The van der Waals surface area contributed by atoms with Crippen molar-refractivity contribution in [1.82, 2.24) is 15.3 Å². The van der Waals surface area contributed by atoms with E-state index in [1.54, 1.807) is 12.1 Å². The van der Waals surface area contributed by atoms with Crippen molar-refractivity contribution in [2.75, 3.05) is 24.5 Å². The van der Waals surface area contributed by atoms with E-state index in [0.29, 0.717) is 31.6 Å². The zero-order chi connectivity index (χ0) is 19.4. The van der Waals surface area contributed by atoms with Gasteiger partial charge in [-0.1, -0.05) is 0 Å². The summed E-state index contributed by atoms with van der Waals surface area (Å²) in [6.45, 7) is 3.62. The van der Waals surface area contributed by atoms with E-state index in [1.165, 1.54) is 12.3 Å². The van der Waals surface area contributed by atoms with Crippen LogP contribution in [0, 0.1) is 0 Å². The Morgan fingerprint density at radius 2 is 2.07 bits per heavy atom. The van der Waals surface area contributed by atoms with Crippen molar-refractivity contribution in [3.8, 4) is 5.88 Å². The second kappa shape index (κ2) is 7.81. The first kappa shape index (κ1) is 18.9. The molecule has 1 N–H and O–H groups in total. The number of carbonyl (C=O) groups is 1. The van der Waals surface area contributed by atoms with Crippen LogP contribution in [0.25, 0.3) is 0 Å². The smallest absolute Gasteiger partial charge is 0.417 e. The third-order valence-electron chi connectivity index (χ3n) is 4.17. The van der Waals surface area contributed by atoms with E-state index < -0.39 is 11.7 Å². The van der Waals surface area contributed by atoms with E-state index in [1.807, 2.05) is 11.8 Å². The Bertz CT molecular complexity index is 779. The number of aromatic nitrogens is 2. The maximum absolute atomic E-state index is 12.6. The quantitative estimate of drug-likeness (QED) is 0.864. The van der Waals surface area contributed by atoms with Crippen LogP contribution in [0.3, 0.4) is 0 Å². The standard InChI is InChI=1S/C18H19F3N4O2/c1-2-22-17(26)12-3-5-15(23-9-12)25-8-7-14(11-25)27-16-6-4-13(10-24-16)18(19,20)21/h3-6,9-10,14H,2,7-8,11H2,1H3,(H,22,26). The van der Waals surface area contributed by atoms with Gasteiger partial charge in [0.15, 0.2) is 0 Å². The van der Waals surface area contributed by atoms with Gasteiger partial charge in [0.2, 0.25) is 5.88 Å². The minimum atomic E-state index is -4.42. The van der Waals surface area contributed by atoms with Crippen LogP contribution in [-0.2, 0) is 6.18 Å². The Morgan fingerprint density at radius 1 is 1.26 bits per heavy atom. The van der Waals surface area contributed by atoms with Crippen LogP contribution in [0.1, 0.15) is 29.3 Å². The Balaban J connectivity index is 1.58. The molecule has 1 saturated heterocycles. The first-order valence-electron chi connectivity index (χ1n) is 8.56. The summed E-state index contributed by atoms with van der Waals surface area (Å²) in [5.41, 5.74) is -0.319. The van der Waals surface area contributed by atoms with Gasteiger partial charge in [-0.3, -0.25) is 4.79 Å². The van der Waals surface area contributed by atoms with Crippen LogP contribution < -0.4 is 15.0 Å². The Labute approximate surface area is 154 Å². The summed E-state index contributed by atoms with van der Waals surface area (Å²) in [6, 6.07) is 5.66. The minimum absolute atomic E-state index is 0.161. The number of hydrogen-bond acceptors (Lipinski definition) is 5. The topological polar surface area (TPSA) is 67.4 Å². The predicted molar refractivity (Wildman–Crippen MR) is 92.7 cm³/mol. The number of amides is 1. The van der Waals surface area contributed by atoms with Crippen molar-refractivity contribution >= 4 is 11.7 Å². The third kappa shape index (κ3) is 4.66. The van der Waals surface area contributed by atoms with E-state index in [0.717, 1.165) is 18.1 Å². The van der Waals surface area contributed by atoms with E-state index in [9.17, 15) is 18.0 Å². The van der Waals surface area contributed by atoms with Crippen molar-refractivity contribution < 1.29 is 22.7 Å². The number of nitrogens with zero attached hydrogens (tertiary/aromatic N) is 3. The predicted octanol–water partition coefficient (Wildman–Crippen LogP) is 2.90. The number of alkyl halides is 3. The third-order valence-corrected chi connectivity index (χ3v) is 4.17. The van der Waals surface area contributed by atoms with E-state index in [-0.39, 0.29) is 17.9 Å². The summed E-state index contributed by atoms with van der Waals surface area (Å²) in [6.07, 6.45) is -1.63. The van der Waals surface area contributed by atoms with Crippen LogP contribution in [-0.4, -0.2) is 41.6 Å². The average Bonchev–Trinajstić information content (AvgIpc) is 3.10. The molecule has 0 aliphatic carbocycles. The van der Waals surface area contributed by atoms with E-state index >= 15 is 0 Å². The monoisotopic (exact) mass is 380 g/mol. The molecule has 1 amide bonds. The molecule has 0 saturated carbocycles. The molecule has 144 valence electrons. The van der Waals surface area contributed by atoms with Crippen molar-refractivity contribution in [1.29, 1.82) is 0 Å². The molecule has 3 rings (SSSR count). The number of hydrogen-bond donors (Lipinski definition) is 1. The lowest BCUT2D eigenvalue weighted by molar-refractivity contribution is -0.137. The van der Waals surface area contributed by atoms with Gasteiger partial charge in [0.25, 0.3) is 5.91 Å². The lowest BCUT2D eigenvalue weighted by Crippen LogP contribution is -2.26. The SMILES string of the molecule is CCNC(=O)c1ccc(N2CCC(Oc3ccc(C(F)(F)F)cn3)C2)nc1. The number of carbonyl (C=O) groups excluding carboxylic acids is 1. The molecule has 1 aliphatic heterocycles. The summed E-state index contributed by atoms with van der Waals surface area (Å²) in [5, 5.41) is 2.71. The summed E-state index contributed by atoms with van der Waals surface area (Å²) >= 11 is 0. The van der Waals surface area contributed by atoms with Gasteiger partial charge in [0, 0.05) is 38.0 Å². The van der Waals surface area contributed by atoms with E-state index in [2.05, 4.69) is 15.3 Å². The van der Waals surface area contributed by atoms with Crippen LogP contribution in [0.4, 0.5) is 19.0 Å². The van der Waals surface area contributed by atoms with Crippen LogP contribution in [0.15, 0.2) is 36.7 Å². The molecule has 0 aromatic carbocycles. The van der Waals surface area contributed by atoms with Crippen molar-refractivity contribution in [3.05, 3.63) is 47.8 Å². The largest absolute Gasteiger partial charge is 0.472 e. The Kier molecular flexibility index (Phi) is 5.48. The van der Waals surface area contributed by atoms with Gasteiger partial charge in [-0.25, -0.2) is 9.97 Å². The Hall–Kier alpha value is -2.84. The van der Waals surface area contributed by atoms with Gasteiger partial charge in [0.1, 0.15) is 11.9 Å². The first-order chi connectivity index (χ1) is 12.9. The van der Waals surface area contributed by atoms with Crippen molar-refractivity contribution in [2.24, 2.45) is 0 Å². The summed E-state index contributed by atoms with van der Waals surface area (Å²) < 4.78 is 43.4. The van der Waals surface area contributed by atoms with Gasteiger partial charge in [-0.2, -0.15) is 13.2 Å². The first-order valence-corrected chi connectivity index (χ1v) is 8.56. The lowest BCUT2D eigenvalue weighted by Gasteiger charge is -2.18. The number of ether oxygens (including phenoxy) is 1. The van der Waals surface area contributed by atoms with Gasteiger partial charge in [-0.15, -0.1) is 0 Å². The highest BCUT2D eigenvalue weighted by atomic mass is 19.4. The molecule has 1 fully saturated rings. The van der Waals surface area contributed by atoms with Crippen LogP contribution >= 0.6 is 0 Å². The molecule has 6 nitrogen and oxygen atoms in total. The average molecular weight is 380 g/mol. The normalized spacial score (nSPS) is 17.0. The van der Waals surface area contributed by atoms with Crippen LogP contribution in [0.5, 0.6) is 5.88 Å². The minimum Gasteiger partial charge on any atom is -0.472 e. The molecule has 3 heterocycles. The fraction of sp³-hybridized carbons (Fsp3) is 0.389. The molecular formula is C18H19F3N4O2. The molecule has 9 heteroatoms. The highest BCUT2D eigenvalue weighted by Gasteiger charge is 2.31. The van der Waals surface area contributed by atoms with E-state index in [4.69, 9.17) is 4.74 Å². The van der Waals surface area contributed by atoms with Gasteiger partial charge >= 0.3 is 6.18 Å².